The van der Waals surface area contributed by atoms with E-state index in [1.54, 1.807) is 29.9 Å². The van der Waals surface area contributed by atoms with E-state index in [2.05, 4.69) is 58.5 Å². The number of rotatable bonds is 5. The zero-order valence-electron chi connectivity index (χ0n) is 19.1. The van der Waals surface area contributed by atoms with Gasteiger partial charge < -0.3 is 4.90 Å². The Labute approximate surface area is 199 Å². The van der Waals surface area contributed by atoms with Crippen LogP contribution in [-0.4, -0.2) is 51.7 Å². The second kappa shape index (κ2) is 9.61. The molecule has 3 aromatic carbocycles. The summed E-state index contributed by atoms with van der Waals surface area (Å²) in [6, 6.07) is 29.2. The fraction of sp³-hybridized carbons (Fsp3) is 0.214. The monoisotopic (exact) mass is 454 g/mol. The lowest BCUT2D eigenvalue weighted by Gasteiger charge is -2.39. The Morgan fingerprint density at radius 2 is 1.38 bits per heavy atom. The number of amides is 1. The zero-order chi connectivity index (χ0) is 23.5. The lowest BCUT2D eigenvalue weighted by molar-refractivity contribution is 0.0587. The summed E-state index contributed by atoms with van der Waals surface area (Å²) in [6.07, 6.45) is 0. The van der Waals surface area contributed by atoms with Crippen molar-refractivity contribution < 1.29 is 9.18 Å². The topological polar surface area (TPSA) is 41.4 Å². The molecule has 2 heterocycles. The summed E-state index contributed by atoms with van der Waals surface area (Å²) in [7, 11) is 1.78. The predicted octanol–water partition coefficient (Wildman–Crippen LogP) is 4.77. The SMILES string of the molecule is Cn1nc(-c2ccc(F)cc2)cc1C(=O)N1CCN(C(c2ccccc2)c2ccccc2)CC1. The van der Waals surface area contributed by atoms with E-state index in [9.17, 15) is 9.18 Å². The van der Waals surface area contributed by atoms with Gasteiger partial charge in [0.15, 0.2) is 0 Å². The molecule has 0 saturated carbocycles. The minimum Gasteiger partial charge on any atom is -0.335 e. The maximum Gasteiger partial charge on any atom is 0.272 e. The average molecular weight is 455 g/mol. The quantitative estimate of drug-likeness (QED) is 0.436. The molecule has 0 N–H and O–H groups in total. The molecule has 0 radical (unpaired) electrons. The average Bonchev–Trinajstić information content (AvgIpc) is 3.27. The Kier molecular flexibility index (Phi) is 6.23. The molecule has 6 heteroatoms. The van der Waals surface area contributed by atoms with Crippen molar-refractivity contribution in [2.45, 2.75) is 6.04 Å². The summed E-state index contributed by atoms with van der Waals surface area (Å²) in [4.78, 5) is 17.7. The summed E-state index contributed by atoms with van der Waals surface area (Å²) in [5.74, 6) is -0.322. The molecule has 0 atom stereocenters. The Balaban J connectivity index is 1.32. The van der Waals surface area contributed by atoms with E-state index in [1.165, 1.54) is 23.3 Å². The molecule has 1 aromatic heterocycles. The molecule has 1 saturated heterocycles. The first-order chi connectivity index (χ1) is 16.6. The molecular formula is C28H27FN4O. The third-order valence-electron chi connectivity index (χ3n) is 6.44. The molecule has 172 valence electrons. The Morgan fingerprint density at radius 3 is 1.94 bits per heavy atom. The number of halogens is 1. The standard InChI is InChI=1S/C28H27FN4O/c1-31-26(20-25(30-31)21-12-14-24(29)15-13-21)28(34)33-18-16-32(17-19-33)27(22-8-4-2-5-9-22)23-10-6-3-7-11-23/h2-15,20,27H,16-19H2,1H3. The molecular weight excluding hydrogens is 427 g/mol. The van der Waals surface area contributed by atoms with Crippen molar-refractivity contribution in [3.63, 3.8) is 0 Å². The first-order valence-corrected chi connectivity index (χ1v) is 11.5. The minimum absolute atomic E-state index is 0.0287. The van der Waals surface area contributed by atoms with Crippen LogP contribution in [0.1, 0.15) is 27.7 Å². The van der Waals surface area contributed by atoms with Gasteiger partial charge in [-0.2, -0.15) is 5.10 Å². The van der Waals surface area contributed by atoms with E-state index in [1.807, 2.05) is 17.0 Å². The van der Waals surface area contributed by atoms with Gasteiger partial charge in [-0.25, -0.2) is 4.39 Å². The highest BCUT2D eigenvalue weighted by molar-refractivity contribution is 5.93. The summed E-state index contributed by atoms with van der Waals surface area (Å²) in [5, 5.41) is 4.49. The van der Waals surface area contributed by atoms with E-state index in [4.69, 9.17) is 0 Å². The number of aromatic nitrogens is 2. The summed E-state index contributed by atoms with van der Waals surface area (Å²) >= 11 is 0. The molecule has 1 aliphatic heterocycles. The van der Waals surface area contributed by atoms with E-state index in [0.29, 0.717) is 24.5 Å². The van der Waals surface area contributed by atoms with E-state index in [0.717, 1.165) is 18.7 Å². The normalized spacial score (nSPS) is 14.5. The van der Waals surface area contributed by atoms with Gasteiger partial charge in [0, 0.05) is 38.8 Å². The van der Waals surface area contributed by atoms with Crippen LogP contribution < -0.4 is 0 Å². The fourth-order valence-electron chi connectivity index (χ4n) is 4.66. The van der Waals surface area contributed by atoms with Crippen LogP contribution in [0.4, 0.5) is 4.39 Å². The number of hydrogen-bond donors (Lipinski definition) is 0. The molecule has 34 heavy (non-hydrogen) atoms. The Hall–Kier alpha value is -3.77. The summed E-state index contributed by atoms with van der Waals surface area (Å²) in [5.41, 5.74) is 4.50. The minimum atomic E-state index is -0.293. The largest absolute Gasteiger partial charge is 0.335 e. The number of nitrogens with zero attached hydrogens (tertiary/aromatic N) is 4. The summed E-state index contributed by atoms with van der Waals surface area (Å²) < 4.78 is 14.9. The van der Waals surface area contributed by atoms with Crippen molar-refractivity contribution in [3.8, 4) is 11.3 Å². The number of hydrogen-bond acceptors (Lipinski definition) is 3. The number of carbonyl (C=O) groups is 1. The van der Waals surface area contributed by atoms with Crippen molar-refractivity contribution in [1.29, 1.82) is 0 Å². The van der Waals surface area contributed by atoms with Crippen LogP contribution in [0, 0.1) is 5.82 Å². The Bertz CT molecular complexity index is 1210. The van der Waals surface area contributed by atoms with Crippen LogP contribution in [0.25, 0.3) is 11.3 Å². The van der Waals surface area contributed by atoms with Crippen LogP contribution >= 0.6 is 0 Å². The van der Waals surface area contributed by atoms with Crippen LogP contribution in [0.2, 0.25) is 0 Å². The number of carbonyl (C=O) groups excluding carboxylic acids is 1. The van der Waals surface area contributed by atoms with Gasteiger partial charge in [0.1, 0.15) is 11.5 Å². The van der Waals surface area contributed by atoms with Gasteiger partial charge in [0.25, 0.3) is 5.91 Å². The Morgan fingerprint density at radius 1 is 0.824 bits per heavy atom. The third kappa shape index (κ3) is 4.50. The molecule has 4 aromatic rings. The smallest absolute Gasteiger partial charge is 0.272 e. The zero-order valence-corrected chi connectivity index (χ0v) is 19.1. The van der Waals surface area contributed by atoms with Crippen molar-refractivity contribution in [2.75, 3.05) is 26.2 Å². The van der Waals surface area contributed by atoms with Gasteiger partial charge in [-0.3, -0.25) is 14.4 Å². The number of aryl methyl sites for hydroxylation is 1. The van der Waals surface area contributed by atoms with Crippen LogP contribution in [0.15, 0.2) is 91.0 Å². The first kappa shape index (κ1) is 22.0. The second-order valence-electron chi connectivity index (χ2n) is 8.60. The van der Waals surface area contributed by atoms with Crippen LogP contribution in [0.3, 0.4) is 0 Å². The molecule has 0 spiro atoms. The predicted molar refractivity (Wildman–Crippen MR) is 131 cm³/mol. The number of piperazine rings is 1. The van der Waals surface area contributed by atoms with Gasteiger partial charge >= 0.3 is 0 Å². The van der Waals surface area contributed by atoms with Gasteiger partial charge in [-0.1, -0.05) is 60.7 Å². The maximum atomic E-state index is 13.3. The number of benzene rings is 3. The molecule has 0 unspecified atom stereocenters. The van der Waals surface area contributed by atoms with Crippen molar-refractivity contribution in [3.05, 3.63) is 114 Å². The van der Waals surface area contributed by atoms with Crippen LogP contribution in [-0.2, 0) is 7.05 Å². The highest BCUT2D eigenvalue weighted by atomic mass is 19.1. The highest BCUT2D eigenvalue weighted by Crippen LogP contribution is 2.30. The lowest BCUT2D eigenvalue weighted by atomic mass is 9.96. The van der Waals surface area contributed by atoms with Gasteiger partial charge in [-0.05, 0) is 41.5 Å². The molecule has 1 aliphatic rings. The molecule has 1 fully saturated rings. The lowest BCUT2D eigenvalue weighted by Crippen LogP contribution is -2.50. The van der Waals surface area contributed by atoms with E-state index >= 15 is 0 Å². The molecule has 0 aliphatic carbocycles. The van der Waals surface area contributed by atoms with E-state index < -0.39 is 0 Å². The second-order valence-corrected chi connectivity index (χ2v) is 8.60. The summed E-state index contributed by atoms with van der Waals surface area (Å²) in [6.45, 7) is 2.85. The van der Waals surface area contributed by atoms with Gasteiger partial charge in [-0.15, -0.1) is 0 Å². The van der Waals surface area contributed by atoms with Crippen molar-refractivity contribution >= 4 is 5.91 Å². The third-order valence-corrected chi connectivity index (χ3v) is 6.44. The highest BCUT2D eigenvalue weighted by Gasteiger charge is 2.29. The maximum absolute atomic E-state index is 13.3. The van der Waals surface area contributed by atoms with Crippen molar-refractivity contribution in [1.82, 2.24) is 19.6 Å². The molecule has 1 amide bonds. The molecule has 0 bridgehead atoms. The van der Waals surface area contributed by atoms with Crippen LogP contribution in [0.5, 0.6) is 0 Å². The molecule has 5 nitrogen and oxygen atoms in total. The fourth-order valence-corrected chi connectivity index (χ4v) is 4.66. The first-order valence-electron chi connectivity index (χ1n) is 11.5. The van der Waals surface area contributed by atoms with Crippen molar-refractivity contribution in [2.24, 2.45) is 7.05 Å². The van der Waals surface area contributed by atoms with Gasteiger partial charge in [0.2, 0.25) is 0 Å². The molecule has 5 rings (SSSR count). The van der Waals surface area contributed by atoms with Gasteiger partial charge in [0.05, 0.1) is 11.7 Å². The van der Waals surface area contributed by atoms with E-state index in [-0.39, 0.29) is 17.8 Å².